The van der Waals surface area contributed by atoms with E-state index in [9.17, 15) is 21.6 Å². The molecule has 2 rings (SSSR count). The number of hydrogen-bond donors (Lipinski definition) is 1. The molecule has 0 radical (unpaired) electrons. The Labute approximate surface area is 131 Å². The summed E-state index contributed by atoms with van der Waals surface area (Å²) in [4.78, 5) is 7.21. The highest BCUT2D eigenvalue weighted by Gasteiger charge is 2.35. The summed E-state index contributed by atoms with van der Waals surface area (Å²) in [6.07, 6.45) is -4.12. The predicted molar refractivity (Wildman–Crippen MR) is 79.2 cm³/mol. The second kappa shape index (κ2) is 5.80. The van der Waals surface area contributed by atoms with E-state index >= 15 is 0 Å². The molecule has 23 heavy (non-hydrogen) atoms. The molecule has 0 atom stereocenters. The van der Waals surface area contributed by atoms with Crippen LogP contribution in [0, 0.1) is 0 Å². The Morgan fingerprint density at radius 2 is 1.78 bits per heavy atom. The molecule has 0 aliphatic heterocycles. The van der Waals surface area contributed by atoms with Gasteiger partial charge in [0.1, 0.15) is 11.4 Å². The summed E-state index contributed by atoms with van der Waals surface area (Å²) in [7, 11) is -3.65. The fraction of sp³-hybridized carbons (Fsp3) is 0.286. The maximum atomic E-state index is 12.7. The number of alkyl halides is 3. The van der Waals surface area contributed by atoms with Crippen LogP contribution in [0.5, 0.6) is 0 Å². The minimum absolute atomic E-state index is 0.0471. The number of aromatic nitrogens is 2. The van der Waals surface area contributed by atoms with Crippen molar-refractivity contribution in [3.8, 4) is 11.4 Å². The summed E-state index contributed by atoms with van der Waals surface area (Å²) < 4.78 is 62.8. The van der Waals surface area contributed by atoms with Gasteiger partial charge in [0, 0.05) is 11.8 Å². The average Bonchev–Trinajstić information content (AvgIpc) is 2.45. The monoisotopic (exact) mass is 345 g/mol. The van der Waals surface area contributed by atoms with E-state index in [1.54, 1.807) is 6.07 Å². The highest BCUT2D eigenvalue weighted by Crippen LogP contribution is 2.34. The molecule has 0 spiro atoms. The lowest BCUT2D eigenvalue weighted by Crippen LogP contribution is -2.16. The van der Waals surface area contributed by atoms with Crippen LogP contribution in [0.4, 0.5) is 19.0 Å². The molecule has 0 unspecified atom stereocenters. The minimum atomic E-state index is -4.67. The van der Waals surface area contributed by atoms with Crippen LogP contribution in [0.1, 0.15) is 19.4 Å². The van der Waals surface area contributed by atoms with Crippen LogP contribution in [0.2, 0.25) is 0 Å². The molecule has 2 aromatic rings. The number of nitrogens with two attached hydrogens (primary N) is 1. The van der Waals surface area contributed by atoms with E-state index in [0.29, 0.717) is 6.20 Å². The Balaban J connectivity index is 2.64. The smallest absolute Gasteiger partial charge is 0.383 e. The van der Waals surface area contributed by atoms with Crippen molar-refractivity contribution in [3.63, 3.8) is 0 Å². The van der Waals surface area contributed by atoms with E-state index in [-0.39, 0.29) is 16.3 Å². The standard InChI is InChI=1S/C14H14F3N3O2S/c1-8(2)23(21,22)11-6-4-3-5-9(11)13-19-7-10(12(18)20-13)14(15,16)17/h3-8H,1-2H3,(H2,18,19,20). The molecule has 0 saturated heterocycles. The Morgan fingerprint density at radius 3 is 2.30 bits per heavy atom. The zero-order chi connectivity index (χ0) is 17.4. The van der Waals surface area contributed by atoms with Crippen LogP contribution in [0.25, 0.3) is 11.4 Å². The molecule has 124 valence electrons. The van der Waals surface area contributed by atoms with Crippen LogP contribution >= 0.6 is 0 Å². The number of anilines is 1. The van der Waals surface area contributed by atoms with Crippen molar-refractivity contribution in [3.05, 3.63) is 36.0 Å². The van der Waals surface area contributed by atoms with E-state index in [4.69, 9.17) is 5.73 Å². The van der Waals surface area contributed by atoms with Crippen LogP contribution in [-0.2, 0) is 16.0 Å². The SMILES string of the molecule is CC(C)S(=O)(=O)c1ccccc1-c1ncc(C(F)(F)F)c(N)n1. The van der Waals surface area contributed by atoms with Crippen molar-refractivity contribution < 1.29 is 21.6 Å². The summed E-state index contributed by atoms with van der Waals surface area (Å²) in [5.41, 5.74) is 4.29. The summed E-state index contributed by atoms with van der Waals surface area (Å²) in [6, 6.07) is 5.86. The maximum Gasteiger partial charge on any atom is 0.421 e. The first-order chi connectivity index (χ1) is 10.5. The molecule has 0 aliphatic rings. The van der Waals surface area contributed by atoms with Crippen molar-refractivity contribution in [2.24, 2.45) is 0 Å². The Hall–Kier alpha value is -2.16. The Morgan fingerprint density at radius 1 is 1.17 bits per heavy atom. The van der Waals surface area contributed by atoms with Gasteiger partial charge in [-0.05, 0) is 26.0 Å². The van der Waals surface area contributed by atoms with Gasteiger partial charge in [-0.25, -0.2) is 18.4 Å². The zero-order valence-corrected chi connectivity index (χ0v) is 13.1. The molecule has 0 saturated carbocycles. The number of sulfone groups is 1. The number of benzene rings is 1. The number of hydrogen-bond acceptors (Lipinski definition) is 5. The summed E-state index contributed by atoms with van der Waals surface area (Å²) >= 11 is 0. The molecule has 1 aromatic carbocycles. The first-order valence-corrected chi connectivity index (χ1v) is 8.12. The predicted octanol–water partition coefficient (Wildman–Crippen LogP) is 2.93. The molecule has 0 amide bonds. The van der Waals surface area contributed by atoms with Crippen molar-refractivity contribution in [2.45, 2.75) is 30.2 Å². The lowest BCUT2D eigenvalue weighted by molar-refractivity contribution is -0.137. The largest absolute Gasteiger partial charge is 0.421 e. The minimum Gasteiger partial charge on any atom is -0.383 e. The molecule has 5 nitrogen and oxygen atoms in total. The Bertz CT molecular complexity index is 833. The molecule has 0 bridgehead atoms. The van der Waals surface area contributed by atoms with Gasteiger partial charge in [0.25, 0.3) is 0 Å². The van der Waals surface area contributed by atoms with Crippen LogP contribution < -0.4 is 5.73 Å². The molecule has 1 aromatic heterocycles. The molecule has 0 fully saturated rings. The first-order valence-electron chi connectivity index (χ1n) is 6.58. The Kier molecular flexibility index (Phi) is 4.34. The van der Waals surface area contributed by atoms with E-state index in [0.717, 1.165) is 0 Å². The topological polar surface area (TPSA) is 85.9 Å². The van der Waals surface area contributed by atoms with Gasteiger partial charge >= 0.3 is 6.18 Å². The quantitative estimate of drug-likeness (QED) is 0.924. The van der Waals surface area contributed by atoms with Gasteiger partial charge in [0.15, 0.2) is 15.7 Å². The van der Waals surface area contributed by atoms with E-state index in [2.05, 4.69) is 9.97 Å². The van der Waals surface area contributed by atoms with Gasteiger partial charge in [-0.1, -0.05) is 12.1 Å². The summed E-state index contributed by atoms with van der Waals surface area (Å²) in [6.45, 7) is 3.02. The maximum absolute atomic E-state index is 12.7. The highest BCUT2D eigenvalue weighted by atomic mass is 32.2. The second-order valence-electron chi connectivity index (χ2n) is 5.08. The molecule has 1 heterocycles. The van der Waals surface area contributed by atoms with Crippen molar-refractivity contribution in [2.75, 3.05) is 5.73 Å². The third-order valence-electron chi connectivity index (χ3n) is 3.18. The molecule has 2 N–H and O–H groups in total. The fourth-order valence-corrected chi connectivity index (χ4v) is 3.14. The van der Waals surface area contributed by atoms with Crippen molar-refractivity contribution in [1.29, 1.82) is 0 Å². The zero-order valence-electron chi connectivity index (χ0n) is 12.3. The van der Waals surface area contributed by atoms with E-state index < -0.39 is 32.6 Å². The number of halogens is 3. The second-order valence-corrected chi connectivity index (χ2v) is 7.55. The van der Waals surface area contributed by atoms with Gasteiger partial charge in [-0.2, -0.15) is 13.2 Å². The average molecular weight is 345 g/mol. The number of nitrogens with zero attached hydrogens (tertiary/aromatic N) is 2. The van der Waals surface area contributed by atoms with E-state index in [1.807, 2.05) is 0 Å². The van der Waals surface area contributed by atoms with Gasteiger partial charge in [0.2, 0.25) is 0 Å². The van der Waals surface area contributed by atoms with Gasteiger partial charge in [-0.3, -0.25) is 0 Å². The molecule has 9 heteroatoms. The third-order valence-corrected chi connectivity index (χ3v) is 5.39. The van der Waals surface area contributed by atoms with Gasteiger partial charge < -0.3 is 5.73 Å². The van der Waals surface area contributed by atoms with Crippen LogP contribution in [-0.4, -0.2) is 23.6 Å². The lowest BCUT2D eigenvalue weighted by atomic mass is 10.2. The highest BCUT2D eigenvalue weighted by molar-refractivity contribution is 7.92. The van der Waals surface area contributed by atoms with Gasteiger partial charge in [-0.15, -0.1) is 0 Å². The lowest BCUT2D eigenvalue weighted by Gasteiger charge is -2.13. The number of nitrogen functional groups attached to an aromatic ring is 1. The fourth-order valence-electron chi connectivity index (χ4n) is 1.90. The van der Waals surface area contributed by atoms with Crippen LogP contribution in [0.3, 0.4) is 0 Å². The van der Waals surface area contributed by atoms with Crippen molar-refractivity contribution >= 4 is 15.7 Å². The molecule has 0 aliphatic carbocycles. The normalized spacial score (nSPS) is 12.6. The summed E-state index contributed by atoms with van der Waals surface area (Å²) in [5.74, 6) is -0.922. The number of rotatable bonds is 3. The molecular weight excluding hydrogens is 331 g/mol. The van der Waals surface area contributed by atoms with Gasteiger partial charge in [0.05, 0.1) is 10.1 Å². The van der Waals surface area contributed by atoms with Crippen LogP contribution in [0.15, 0.2) is 35.4 Å². The molecular formula is C14H14F3N3O2S. The first kappa shape index (κ1) is 17.2. The summed E-state index contributed by atoms with van der Waals surface area (Å²) in [5, 5.41) is -0.699. The third kappa shape index (κ3) is 3.29. The van der Waals surface area contributed by atoms with E-state index in [1.165, 1.54) is 32.0 Å². The van der Waals surface area contributed by atoms with Crippen molar-refractivity contribution in [1.82, 2.24) is 9.97 Å².